The van der Waals surface area contributed by atoms with Gasteiger partial charge in [0.25, 0.3) is 0 Å². The molecule has 1 aromatic heterocycles. The third-order valence-corrected chi connectivity index (χ3v) is 6.14. The van der Waals surface area contributed by atoms with Gasteiger partial charge in [0.05, 0.1) is 11.4 Å². The Hall–Kier alpha value is -3.01. The molecule has 0 radical (unpaired) electrons. The van der Waals surface area contributed by atoms with Crippen molar-refractivity contribution in [3.63, 3.8) is 0 Å². The highest BCUT2D eigenvalue weighted by atomic mass is 32.2. The van der Waals surface area contributed by atoms with Crippen LogP contribution in [0.5, 0.6) is 0 Å². The number of fused-ring (bicyclic) bond motifs is 1. The van der Waals surface area contributed by atoms with Crippen LogP contribution < -0.4 is 4.72 Å². The van der Waals surface area contributed by atoms with Crippen LogP contribution in [-0.4, -0.2) is 53.4 Å². The first kappa shape index (κ1) is 21.7. The lowest BCUT2D eigenvalue weighted by Crippen LogP contribution is -2.54. The normalized spacial score (nSPS) is 13.7. The smallest absolute Gasteiger partial charge is 0.407 e. The van der Waals surface area contributed by atoms with Crippen molar-refractivity contribution in [2.24, 2.45) is 0 Å². The summed E-state index contributed by atoms with van der Waals surface area (Å²) in [5, 5.41) is 21.6. The summed E-state index contributed by atoms with van der Waals surface area (Å²) in [4.78, 5) is 16.6. The fourth-order valence-corrected chi connectivity index (χ4v) is 4.42. The molecule has 0 aliphatic carbocycles. The molecule has 9 heteroatoms. The predicted octanol–water partition coefficient (Wildman–Crippen LogP) is 2.44. The molecule has 0 bridgehead atoms. The van der Waals surface area contributed by atoms with E-state index < -0.39 is 28.4 Å². The van der Waals surface area contributed by atoms with E-state index in [1.165, 1.54) is 19.1 Å². The Bertz CT molecular complexity index is 1130. The van der Waals surface area contributed by atoms with Crippen molar-refractivity contribution in [1.82, 2.24) is 14.6 Å². The van der Waals surface area contributed by atoms with Gasteiger partial charge in [0, 0.05) is 24.3 Å². The van der Waals surface area contributed by atoms with E-state index in [-0.39, 0.29) is 11.4 Å². The first-order valence-corrected chi connectivity index (χ1v) is 10.8. The number of benzene rings is 2. The number of hydrogen-bond donors (Lipinski definition) is 3. The Morgan fingerprint density at radius 2 is 1.87 bits per heavy atom. The minimum atomic E-state index is -4.09. The van der Waals surface area contributed by atoms with E-state index >= 15 is 0 Å². The van der Waals surface area contributed by atoms with Crippen molar-refractivity contribution in [3.05, 3.63) is 72.6 Å². The molecule has 0 unspecified atom stereocenters. The van der Waals surface area contributed by atoms with Crippen LogP contribution >= 0.6 is 0 Å². The second-order valence-corrected chi connectivity index (χ2v) is 8.89. The zero-order valence-electron chi connectivity index (χ0n) is 16.4. The van der Waals surface area contributed by atoms with Crippen LogP contribution in [0.1, 0.15) is 12.5 Å². The van der Waals surface area contributed by atoms with Gasteiger partial charge in [-0.15, -0.1) is 0 Å². The van der Waals surface area contributed by atoms with Crippen molar-refractivity contribution in [3.8, 4) is 0 Å². The van der Waals surface area contributed by atoms with Gasteiger partial charge in [0.2, 0.25) is 10.0 Å². The lowest BCUT2D eigenvalue weighted by molar-refractivity contribution is 0.0128. The maximum atomic E-state index is 12.8. The molecule has 158 valence electrons. The quantitative estimate of drug-likeness (QED) is 0.473. The van der Waals surface area contributed by atoms with Crippen LogP contribution in [-0.2, 0) is 16.4 Å². The van der Waals surface area contributed by atoms with Crippen molar-refractivity contribution in [2.75, 3.05) is 13.1 Å². The molecule has 0 aliphatic heterocycles. The number of aromatic nitrogens is 1. The average Bonchev–Trinajstić information content (AvgIpc) is 2.70. The molecule has 1 atom stereocenters. The maximum absolute atomic E-state index is 12.8. The number of hydrogen-bond acceptors (Lipinski definition) is 5. The highest BCUT2D eigenvalue weighted by Gasteiger charge is 2.32. The Morgan fingerprint density at radius 3 is 2.57 bits per heavy atom. The molecule has 1 heterocycles. The molecule has 0 aliphatic rings. The molecule has 2 aromatic carbocycles. The molecular formula is C21H23N3O5S. The number of carboxylic acid groups (broad SMARTS) is 1. The van der Waals surface area contributed by atoms with E-state index in [2.05, 4.69) is 9.71 Å². The van der Waals surface area contributed by atoms with Crippen molar-refractivity contribution in [2.45, 2.75) is 24.0 Å². The maximum Gasteiger partial charge on any atom is 0.407 e. The number of rotatable bonds is 8. The molecule has 3 rings (SSSR count). The summed E-state index contributed by atoms with van der Waals surface area (Å²) in [5.41, 5.74) is -1.06. The van der Waals surface area contributed by atoms with Crippen molar-refractivity contribution < 1.29 is 23.4 Å². The SMILES string of the molecule is C[C@](O)(CN(CCc1ccccc1)C(=O)O)NS(=O)(=O)c1ccc2cnccc2c1. The Morgan fingerprint density at radius 1 is 1.13 bits per heavy atom. The van der Waals surface area contributed by atoms with Crippen molar-refractivity contribution >= 4 is 26.9 Å². The molecule has 0 fully saturated rings. The summed E-state index contributed by atoms with van der Waals surface area (Å²) in [6.07, 6.45) is 2.37. The first-order valence-electron chi connectivity index (χ1n) is 9.28. The van der Waals surface area contributed by atoms with E-state index in [9.17, 15) is 23.4 Å². The summed E-state index contributed by atoms with van der Waals surface area (Å²) in [6, 6.07) is 15.5. The van der Waals surface area contributed by atoms with Gasteiger partial charge in [-0.3, -0.25) is 4.98 Å². The van der Waals surface area contributed by atoms with Gasteiger partial charge in [-0.2, -0.15) is 4.72 Å². The fraction of sp³-hybridized carbons (Fsp3) is 0.238. The minimum Gasteiger partial charge on any atom is -0.465 e. The van der Waals surface area contributed by atoms with Crippen LogP contribution in [0.3, 0.4) is 0 Å². The Kier molecular flexibility index (Phi) is 6.35. The number of pyridine rings is 1. The topological polar surface area (TPSA) is 120 Å². The third-order valence-electron chi connectivity index (χ3n) is 4.56. The Balaban J connectivity index is 1.72. The largest absolute Gasteiger partial charge is 0.465 e. The molecule has 30 heavy (non-hydrogen) atoms. The molecule has 1 amide bonds. The molecule has 8 nitrogen and oxygen atoms in total. The average molecular weight is 429 g/mol. The Labute approximate surface area is 174 Å². The van der Waals surface area contributed by atoms with Gasteiger partial charge in [-0.05, 0) is 42.5 Å². The number of nitrogens with zero attached hydrogens (tertiary/aromatic N) is 2. The first-order chi connectivity index (χ1) is 14.2. The number of aliphatic hydroxyl groups is 1. The van der Waals surface area contributed by atoms with E-state index in [0.717, 1.165) is 15.8 Å². The van der Waals surface area contributed by atoms with Gasteiger partial charge >= 0.3 is 6.09 Å². The third kappa shape index (κ3) is 5.53. The van der Waals surface area contributed by atoms with Crippen LogP contribution in [0.2, 0.25) is 0 Å². The zero-order chi connectivity index (χ0) is 21.8. The highest BCUT2D eigenvalue weighted by Crippen LogP contribution is 2.19. The molecule has 0 saturated carbocycles. The van der Waals surface area contributed by atoms with E-state index in [1.54, 1.807) is 24.5 Å². The summed E-state index contributed by atoms with van der Waals surface area (Å²) in [7, 11) is -4.09. The molecule has 0 spiro atoms. The monoisotopic (exact) mass is 429 g/mol. The van der Waals surface area contributed by atoms with Gasteiger partial charge in [0.1, 0.15) is 5.72 Å². The standard InChI is InChI=1S/C21H23N3O5S/c1-21(27,15-24(20(25)26)12-10-16-5-3-2-4-6-16)23-30(28,29)19-8-7-18-14-22-11-9-17(18)13-19/h2-9,11,13-14,23,27H,10,12,15H2,1H3,(H,25,26)/t21-/m0/s1. The number of nitrogens with one attached hydrogen (secondary N) is 1. The summed E-state index contributed by atoms with van der Waals surface area (Å²) in [5.74, 6) is 0. The summed E-state index contributed by atoms with van der Waals surface area (Å²) >= 11 is 0. The van der Waals surface area contributed by atoms with Crippen LogP contribution in [0.25, 0.3) is 10.8 Å². The van der Waals surface area contributed by atoms with Crippen LogP contribution in [0.4, 0.5) is 4.79 Å². The highest BCUT2D eigenvalue weighted by molar-refractivity contribution is 7.89. The molecule has 3 N–H and O–H groups in total. The lowest BCUT2D eigenvalue weighted by Gasteiger charge is -2.30. The molecular weight excluding hydrogens is 406 g/mol. The van der Waals surface area contributed by atoms with E-state index in [4.69, 9.17) is 0 Å². The van der Waals surface area contributed by atoms with Crippen LogP contribution in [0.15, 0.2) is 71.9 Å². The van der Waals surface area contributed by atoms with Gasteiger partial charge in [0.15, 0.2) is 0 Å². The van der Waals surface area contributed by atoms with Gasteiger partial charge in [-0.25, -0.2) is 13.2 Å². The number of sulfonamides is 1. The predicted molar refractivity (Wildman–Crippen MR) is 112 cm³/mol. The van der Waals surface area contributed by atoms with Gasteiger partial charge < -0.3 is 15.1 Å². The number of amides is 1. The zero-order valence-corrected chi connectivity index (χ0v) is 17.2. The second kappa shape index (κ2) is 8.78. The summed E-state index contributed by atoms with van der Waals surface area (Å²) in [6.45, 7) is 0.917. The van der Waals surface area contributed by atoms with E-state index in [0.29, 0.717) is 11.8 Å². The van der Waals surface area contributed by atoms with E-state index in [1.807, 2.05) is 30.3 Å². The molecule has 0 saturated heterocycles. The van der Waals surface area contributed by atoms with Gasteiger partial charge in [-0.1, -0.05) is 36.4 Å². The van der Waals surface area contributed by atoms with Crippen LogP contribution in [0, 0.1) is 0 Å². The lowest BCUT2D eigenvalue weighted by atomic mass is 10.1. The molecule has 3 aromatic rings. The summed E-state index contributed by atoms with van der Waals surface area (Å²) < 4.78 is 27.7. The van der Waals surface area contributed by atoms with Crippen molar-refractivity contribution in [1.29, 1.82) is 0 Å². The fourth-order valence-electron chi connectivity index (χ4n) is 3.13. The second-order valence-electron chi connectivity index (χ2n) is 7.20. The minimum absolute atomic E-state index is 0.0346. The number of carbonyl (C=O) groups is 1.